The molecule has 3 atom stereocenters. The zero-order valence-corrected chi connectivity index (χ0v) is 14.6. The molecule has 20 heavy (non-hydrogen) atoms. The van der Waals surface area contributed by atoms with Crippen LogP contribution in [0, 0.1) is 11.8 Å². The summed E-state index contributed by atoms with van der Waals surface area (Å²) < 4.78 is 0. The SMILES string of the molecule is CC(CB(C(C)C(C)C)C(C)C(C)C)c1ccccc1. The lowest BCUT2D eigenvalue weighted by atomic mass is 9.28. The lowest BCUT2D eigenvalue weighted by Crippen LogP contribution is -2.31. The molecule has 0 aromatic heterocycles. The van der Waals surface area contributed by atoms with Crippen LogP contribution in [0.25, 0.3) is 0 Å². The molecule has 0 aliphatic carbocycles. The maximum atomic E-state index is 2.45. The molecular weight excluding hydrogens is 239 g/mol. The van der Waals surface area contributed by atoms with Gasteiger partial charge in [-0.05, 0) is 11.5 Å². The van der Waals surface area contributed by atoms with Crippen molar-refractivity contribution in [2.24, 2.45) is 11.8 Å². The third-order valence-corrected chi connectivity index (χ3v) is 5.45. The van der Waals surface area contributed by atoms with Crippen LogP contribution in [-0.2, 0) is 0 Å². The van der Waals surface area contributed by atoms with Crippen LogP contribution in [0.5, 0.6) is 0 Å². The number of benzene rings is 1. The predicted octanol–water partition coefficient (Wildman–Crippen LogP) is 6.38. The van der Waals surface area contributed by atoms with Gasteiger partial charge in [0.2, 0.25) is 0 Å². The zero-order chi connectivity index (χ0) is 15.3. The molecule has 0 aliphatic rings. The Balaban J connectivity index is 2.84. The van der Waals surface area contributed by atoms with E-state index in [1.54, 1.807) is 0 Å². The Kier molecular flexibility index (Phi) is 6.85. The molecule has 0 spiro atoms. The topological polar surface area (TPSA) is 0 Å². The summed E-state index contributed by atoms with van der Waals surface area (Å²) in [6.07, 6.45) is 1.31. The summed E-state index contributed by atoms with van der Waals surface area (Å²) in [6, 6.07) is 11.0. The number of hydrogen-bond acceptors (Lipinski definition) is 0. The first kappa shape index (κ1) is 17.3. The van der Waals surface area contributed by atoms with Crippen LogP contribution in [0.3, 0.4) is 0 Å². The molecule has 0 nitrogen and oxygen atoms in total. The average molecular weight is 272 g/mol. The number of hydrogen-bond donors (Lipinski definition) is 0. The van der Waals surface area contributed by atoms with E-state index >= 15 is 0 Å². The van der Waals surface area contributed by atoms with Gasteiger partial charge in [-0.15, -0.1) is 0 Å². The molecule has 1 rings (SSSR count). The van der Waals surface area contributed by atoms with E-state index in [4.69, 9.17) is 0 Å². The summed E-state index contributed by atoms with van der Waals surface area (Å²) in [5.74, 6) is 3.77. The molecule has 0 bridgehead atoms. The van der Waals surface area contributed by atoms with Gasteiger partial charge in [0.15, 0.2) is 0 Å². The molecule has 0 radical (unpaired) electrons. The second-order valence-corrected chi connectivity index (χ2v) is 7.42. The van der Waals surface area contributed by atoms with Gasteiger partial charge in [0, 0.05) is 0 Å². The highest BCUT2D eigenvalue weighted by molar-refractivity contribution is 6.62. The first-order valence-corrected chi connectivity index (χ1v) is 8.39. The Morgan fingerprint density at radius 1 is 0.750 bits per heavy atom. The Morgan fingerprint density at radius 3 is 1.60 bits per heavy atom. The van der Waals surface area contributed by atoms with E-state index in [-0.39, 0.29) is 0 Å². The van der Waals surface area contributed by atoms with Crippen LogP contribution >= 0.6 is 0 Å². The van der Waals surface area contributed by atoms with Crippen molar-refractivity contribution in [2.75, 3.05) is 0 Å². The lowest BCUT2D eigenvalue weighted by molar-refractivity contribution is 0.555. The highest BCUT2D eigenvalue weighted by Crippen LogP contribution is 2.38. The van der Waals surface area contributed by atoms with E-state index in [0.717, 1.165) is 30.2 Å². The maximum Gasteiger partial charge on any atom is 0.146 e. The molecule has 112 valence electrons. The quantitative estimate of drug-likeness (QED) is 0.505. The molecule has 0 amide bonds. The normalized spacial score (nSPS) is 16.2. The maximum absolute atomic E-state index is 2.45. The van der Waals surface area contributed by atoms with E-state index < -0.39 is 0 Å². The van der Waals surface area contributed by atoms with Crippen molar-refractivity contribution in [3.05, 3.63) is 35.9 Å². The molecular formula is C19H33B. The molecule has 3 unspecified atom stereocenters. The second kappa shape index (κ2) is 7.91. The van der Waals surface area contributed by atoms with Crippen LogP contribution in [0.2, 0.25) is 18.0 Å². The second-order valence-electron chi connectivity index (χ2n) is 7.42. The van der Waals surface area contributed by atoms with Crippen molar-refractivity contribution in [1.82, 2.24) is 0 Å². The highest BCUT2D eigenvalue weighted by Gasteiger charge is 2.32. The molecule has 1 aromatic rings. The molecule has 0 N–H and O–H groups in total. The third-order valence-electron chi connectivity index (χ3n) is 5.45. The van der Waals surface area contributed by atoms with E-state index in [9.17, 15) is 0 Å². The molecule has 0 saturated carbocycles. The van der Waals surface area contributed by atoms with Gasteiger partial charge in [-0.3, -0.25) is 0 Å². The van der Waals surface area contributed by atoms with E-state index in [2.05, 4.69) is 78.8 Å². The van der Waals surface area contributed by atoms with Gasteiger partial charge in [-0.1, -0.05) is 109 Å². The summed E-state index contributed by atoms with van der Waals surface area (Å²) in [5.41, 5.74) is 1.49. The van der Waals surface area contributed by atoms with Crippen LogP contribution in [-0.4, -0.2) is 6.71 Å². The van der Waals surface area contributed by atoms with Crippen LogP contribution in [0.15, 0.2) is 30.3 Å². The van der Waals surface area contributed by atoms with Crippen molar-refractivity contribution >= 4 is 6.71 Å². The summed E-state index contributed by atoms with van der Waals surface area (Å²) in [4.78, 5) is 0. The van der Waals surface area contributed by atoms with Crippen molar-refractivity contribution in [3.8, 4) is 0 Å². The summed E-state index contributed by atoms with van der Waals surface area (Å²) in [7, 11) is 0. The van der Waals surface area contributed by atoms with E-state index in [0.29, 0.717) is 5.92 Å². The fourth-order valence-corrected chi connectivity index (χ4v) is 3.22. The largest absolute Gasteiger partial charge is 0.146 e. The first-order chi connectivity index (χ1) is 9.34. The first-order valence-electron chi connectivity index (χ1n) is 8.39. The zero-order valence-electron chi connectivity index (χ0n) is 14.6. The monoisotopic (exact) mass is 272 g/mol. The summed E-state index contributed by atoms with van der Waals surface area (Å²) in [6.45, 7) is 17.6. The third kappa shape index (κ3) is 4.68. The molecule has 1 aromatic carbocycles. The Morgan fingerprint density at radius 2 is 1.20 bits per heavy atom. The van der Waals surface area contributed by atoms with Gasteiger partial charge in [-0.2, -0.15) is 0 Å². The van der Waals surface area contributed by atoms with E-state index in [1.165, 1.54) is 11.9 Å². The summed E-state index contributed by atoms with van der Waals surface area (Å²) in [5, 5.41) is 0. The fourth-order valence-electron chi connectivity index (χ4n) is 3.22. The van der Waals surface area contributed by atoms with Gasteiger partial charge in [0.25, 0.3) is 0 Å². The van der Waals surface area contributed by atoms with Crippen LogP contribution in [0.4, 0.5) is 0 Å². The van der Waals surface area contributed by atoms with Crippen molar-refractivity contribution < 1.29 is 0 Å². The van der Waals surface area contributed by atoms with Gasteiger partial charge in [-0.25, -0.2) is 0 Å². The minimum absolute atomic E-state index is 0.656. The Hall–Kier alpha value is -0.715. The molecule has 0 fully saturated rings. The summed E-state index contributed by atoms with van der Waals surface area (Å²) >= 11 is 0. The minimum atomic E-state index is 0.656. The van der Waals surface area contributed by atoms with Crippen molar-refractivity contribution in [3.63, 3.8) is 0 Å². The van der Waals surface area contributed by atoms with Gasteiger partial charge in [0.05, 0.1) is 0 Å². The molecule has 0 heterocycles. The number of rotatable bonds is 7. The molecule has 0 saturated heterocycles. The van der Waals surface area contributed by atoms with Crippen molar-refractivity contribution in [2.45, 2.75) is 72.3 Å². The van der Waals surface area contributed by atoms with Gasteiger partial charge in [0.1, 0.15) is 6.71 Å². The van der Waals surface area contributed by atoms with Gasteiger partial charge < -0.3 is 0 Å². The Labute approximate surface area is 127 Å². The highest BCUT2D eigenvalue weighted by atomic mass is 14.2. The molecule has 0 aliphatic heterocycles. The van der Waals surface area contributed by atoms with Crippen LogP contribution < -0.4 is 0 Å². The van der Waals surface area contributed by atoms with Crippen molar-refractivity contribution in [1.29, 1.82) is 0 Å². The minimum Gasteiger partial charge on any atom is -0.0688 e. The lowest BCUT2D eigenvalue weighted by Gasteiger charge is -2.33. The predicted molar refractivity (Wildman–Crippen MR) is 93.9 cm³/mol. The van der Waals surface area contributed by atoms with E-state index in [1.807, 2.05) is 0 Å². The van der Waals surface area contributed by atoms with Crippen LogP contribution in [0.1, 0.15) is 59.9 Å². The standard InChI is InChI=1S/C19H33B/c1-14(2)17(6)20(18(7)15(3)4)13-16(5)19-11-9-8-10-12-19/h8-12,14-18H,13H2,1-7H3. The smallest absolute Gasteiger partial charge is 0.0688 e. The van der Waals surface area contributed by atoms with Gasteiger partial charge >= 0.3 is 0 Å². The Bertz CT molecular complexity index is 355. The average Bonchev–Trinajstić information content (AvgIpc) is 2.43. The fraction of sp³-hybridized carbons (Fsp3) is 0.684. The molecule has 1 heteroatoms.